The minimum absolute atomic E-state index is 0.00315. The van der Waals surface area contributed by atoms with E-state index in [0.29, 0.717) is 38.0 Å². The molecule has 2 aliphatic heterocycles. The van der Waals surface area contributed by atoms with E-state index in [0.717, 1.165) is 12.0 Å². The van der Waals surface area contributed by atoms with Crippen LogP contribution in [0.4, 0.5) is 0 Å². The number of thioether (sulfide) groups is 1. The zero-order valence-electron chi connectivity index (χ0n) is 20.3. The van der Waals surface area contributed by atoms with E-state index in [1.165, 1.54) is 7.11 Å². The van der Waals surface area contributed by atoms with Gasteiger partial charge in [0.15, 0.2) is 5.78 Å². The summed E-state index contributed by atoms with van der Waals surface area (Å²) < 4.78 is 11.0. The second kappa shape index (κ2) is 13.0. The van der Waals surface area contributed by atoms with Crippen LogP contribution in [-0.4, -0.2) is 79.6 Å². The van der Waals surface area contributed by atoms with Crippen molar-refractivity contribution in [3.05, 3.63) is 35.9 Å². The molecule has 4 atom stereocenters. The lowest BCUT2D eigenvalue weighted by Gasteiger charge is -2.32. The van der Waals surface area contributed by atoms with Gasteiger partial charge in [-0.25, -0.2) is 4.79 Å². The molecule has 10 heteroatoms. The van der Waals surface area contributed by atoms with Gasteiger partial charge in [0.05, 0.1) is 19.8 Å². The molecule has 1 unspecified atom stereocenters. The van der Waals surface area contributed by atoms with Gasteiger partial charge < -0.3 is 25.4 Å². The molecule has 35 heavy (non-hydrogen) atoms. The van der Waals surface area contributed by atoms with E-state index in [9.17, 15) is 19.2 Å². The smallest absolute Gasteiger partial charge is 0.328 e. The Kier molecular flexibility index (Phi) is 10.1. The Bertz CT molecular complexity index is 890. The second-order valence-corrected chi connectivity index (χ2v) is 9.98. The first kappa shape index (κ1) is 27.2. The monoisotopic (exact) mass is 505 g/mol. The summed E-state index contributed by atoms with van der Waals surface area (Å²) in [6.45, 7) is 0.654. The van der Waals surface area contributed by atoms with Crippen LogP contribution in [0.25, 0.3) is 0 Å². The highest BCUT2D eigenvalue weighted by atomic mass is 32.2. The van der Waals surface area contributed by atoms with Crippen molar-refractivity contribution in [2.45, 2.75) is 62.3 Å². The van der Waals surface area contributed by atoms with Crippen molar-refractivity contribution in [2.24, 2.45) is 0 Å². The number of carbonyl (C=O) groups excluding carboxylic acids is 4. The van der Waals surface area contributed by atoms with Crippen molar-refractivity contribution >= 4 is 35.3 Å². The quantitative estimate of drug-likeness (QED) is 0.339. The van der Waals surface area contributed by atoms with E-state index in [1.54, 1.807) is 11.8 Å². The number of ether oxygens (including phenoxy) is 2. The number of Topliss-reactive ketones (excluding diaryl/α,β-unsaturated/α-hetero) is 1. The van der Waals surface area contributed by atoms with Gasteiger partial charge in [0, 0.05) is 12.8 Å². The molecule has 192 valence electrons. The number of amides is 2. The first-order valence-electron chi connectivity index (χ1n) is 12.0. The van der Waals surface area contributed by atoms with Gasteiger partial charge in [-0.2, -0.15) is 11.8 Å². The Morgan fingerprint density at radius 3 is 2.63 bits per heavy atom. The normalized spacial score (nSPS) is 23.4. The molecule has 0 aromatic heterocycles. The fourth-order valence-corrected chi connectivity index (χ4v) is 5.02. The van der Waals surface area contributed by atoms with E-state index < -0.39 is 35.6 Å². The molecule has 1 aromatic carbocycles. The third-order valence-electron chi connectivity index (χ3n) is 6.53. The molecule has 0 saturated carbocycles. The van der Waals surface area contributed by atoms with Crippen LogP contribution in [-0.2, 0) is 35.1 Å². The SMILES string of the molecule is COC(=O)[C@H](CCSC)NC(=O)C(Cc1ccccc1)OC[C@]1(C(=O)[C@@H]2CCC(=O)N2)CCCN1. The van der Waals surface area contributed by atoms with Crippen LogP contribution in [0.15, 0.2) is 30.3 Å². The van der Waals surface area contributed by atoms with E-state index in [1.807, 2.05) is 36.6 Å². The molecule has 0 aliphatic carbocycles. The number of rotatable bonds is 13. The molecule has 2 amide bonds. The Morgan fingerprint density at radius 2 is 2.03 bits per heavy atom. The fraction of sp³-hybridized carbons (Fsp3) is 0.600. The summed E-state index contributed by atoms with van der Waals surface area (Å²) in [5, 5.41) is 8.82. The minimum Gasteiger partial charge on any atom is -0.467 e. The summed E-state index contributed by atoms with van der Waals surface area (Å²) in [6, 6.07) is 8.12. The topological polar surface area (TPSA) is 123 Å². The van der Waals surface area contributed by atoms with Gasteiger partial charge in [0.25, 0.3) is 0 Å². The molecule has 2 fully saturated rings. The van der Waals surface area contributed by atoms with Gasteiger partial charge >= 0.3 is 5.97 Å². The second-order valence-electron chi connectivity index (χ2n) is 8.99. The third-order valence-corrected chi connectivity index (χ3v) is 7.17. The maximum absolute atomic E-state index is 13.4. The third kappa shape index (κ3) is 7.28. The number of ketones is 1. The Balaban J connectivity index is 1.75. The standard InChI is InChI=1S/C25H35N3O6S/c1-33-24(32)19(11-14-35-2)28-23(31)20(15-17-7-4-3-5-8-17)34-16-25(12-6-13-26-25)22(30)18-9-10-21(29)27-18/h3-5,7-8,18-20,26H,6,9-16H2,1-2H3,(H,27,29)(H,28,31)/t18-,19-,20?,25-/m0/s1. The van der Waals surface area contributed by atoms with E-state index in [-0.39, 0.29) is 24.7 Å². The summed E-state index contributed by atoms with van der Waals surface area (Å²) in [6.07, 6.45) is 3.89. The highest BCUT2D eigenvalue weighted by Crippen LogP contribution is 2.26. The molecule has 9 nitrogen and oxygen atoms in total. The van der Waals surface area contributed by atoms with Gasteiger partial charge in [-0.3, -0.25) is 14.4 Å². The maximum Gasteiger partial charge on any atom is 0.328 e. The molecule has 0 spiro atoms. The van der Waals surface area contributed by atoms with Crippen LogP contribution in [0.5, 0.6) is 0 Å². The first-order valence-corrected chi connectivity index (χ1v) is 13.4. The highest BCUT2D eigenvalue weighted by Gasteiger charge is 2.46. The van der Waals surface area contributed by atoms with Crippen LogP contribution in [0.3, 0.4) is 0 Å². The largest absolute Gasteiger partial charge is 0.467 e. The molecule has 2 saturated heterocycles. The van der Waals surface area contributed by atoms with Crippen molar-refractivity contribution in [3.8, 4) is 0 Å². The van der Waals surface area contributed by atoms with Crippen LogP contribution in [0.2, 0.25) is 0 Å². The van der Waals surface area contributed by atoms with Crippen molar-refractivity contribution in [1.82, 2.24) is 16.0 Å². The van der Waals surface area contributed by atoms with Gasteiger partial charge in [-0.15, -0.1) is 0 Å². The summed E-state index contributed by atoms with van der Waals surface area (Å²) in [7, 11) is 1.29. The summed E-state index contributed by atoms with van der Waals surface area (Å²) in [4.78, 5) is 50.6. The molecule has 3 rings (SSSR count). The molecular weight excluding hydrogens is 470 g/mol. The van der Waals surface area contributed by atoms with E-state index >= 15 is 0 Å². The number of hydrogen-bond acceptors (Lipinski definition) is 8. The van der Waals surface area contributed by atoms with Crippen molar-refractivity contribution in [3.63, 3.8) is 0 Å². The zero-order valence-corrected chi connectivity index (χ0v) is 21.2. The van der Waals surface area contributed by atoms with E-state index in [4.69, 9.17) is 9.47 Å². The molecular formula is C25H35N3O6S. The zero-order chi connectivity index (χ0) is 25.3. The fourth-order valence-electron chi connectivity index (χ4n) is 4.55. The highest BCUT2D eigenvalue weighted by molar-refractivity contribution is 7.98. The number of hydrogen-bond donors (Lipinski definition) is 3. The van der Waals surface area contributed by atoms with Crippen molar-refractivity contribution in [1.29, 1.82) is 0 Å². The Labute approximate surface area is 210 Å². The average molecular weight is 506 g/mol. The lowest BCUT2D eigenvalue weighted by Crippen LogP contribution is -2.58. The number of esters is 1. The number of benzene rings is 1. The van der Waals surface area contributed by atoms with Gasteiger partial charge in [-0.1, -0.05) is 30.3 Å². The Hall–Kier alpha value is -2.43. The minimum atomic E-state index is -0.960. The lowest BCUT2D eigenvalue weighted by atomic mass is 9.87. The predicted octanol–water partition coefficient (Wildman–Crippen LogP) is 0.995. The molecule has 2 aliphatic rings. The van der Waals surface area contributed by atoms with Crippen LogP contribution in [0, 0.1) is 0 Å². The van der Waals surface area contributed by atoms with E-state index in [2.05, 4.69) is 16.0 Å². The average Bonchev–Trinajstić information content (AvgIpc) is 3.53. The van der Waals surface area contributed by atoms with Gasteiger partial charge in [0.2, 0.25) is 11.8 Å². The molecule has 0 radical (unpaired) electrons. The number of carbonyl (C=O) groups is 4. The maximum atomic E-state index is 13.4. The molecule has 0 bridgehead atoms. The van der Waals surface area contributed by atoms with Crippen LogP contribution < -0.4 is 16.0 Å². The summed E-state index contributed by atoms with van der Waals surface area (Å²) in [5.41, 5.74) is -0.0628. The number of methoxy groups -OCH3 is 1. The summed E-state index contributed by atoms with van der Waals surface area (Å²) >= 11 is 1.57. The molecule has 1 aromatic rings. The van der Waals surface area contributed by atoms with Gasteiger partial charge in [-0.05, 0) is 49.8 Å². The number of nitrogens with one attached hydrogen (secondary N) is 3. The van der Waals surface area contributed by atoms with Gasteiger partial charge in [0.1, 0.15) is 17.7 Å². The van der Waals surface area contributed by atoms with Crippen LogP contribution >= 0.6 is 11.8 Å². The van der Waals surface area contributed by atoms with Crippen LogP contribution in [0.1, 0.15) is 37.7 Å². The summed E-state index contributed by atoms with van der Waals surface area (Å²) in [5.74, 6) is -0.490. The van der Waals surface area contributed by atoms with Crippen molar-refractivity contribution < 1.29 is 28.7 Å². The van der Waals surface area contributed by atoms with Crippen molar-refractivity contribution in [2.75, 3.05) is 32.3 Å². The molecule has 2 heterocycles. The molecule has 3 N–H and O–H groups in total. The Morgan fingerprint density at radius 1 is 1.26 bits per heavy atom. The first-order chi connectivity index (χ1) is 16.9. The lowest BCUT2D eigenvalue weighted by molar-refractivity contribution is -0.148. The predicted molar refractivity (Wildman–Crippen MR) is 133 cm³/mol.